The van der Waals surface area contributed by atoms with Gasteiger partial charge in [0.05, 0.1) is 12.5 Å². The molecule has 0 aliphatic rings. The first-order valence-corrected chi connectivity index (χ1v) is 6.06. The quantitative estimate of drug-likeness (QED) is 0.890. The van der Waals surface area contributed by atoms with Crippen molar-refractivity contribution in [2.75, 3.05) is 0 Å². The van der Waals surface area contributed by atoms with E-state index < -0.39 is 0 Å². The number of benzene rings is 1. The average Bonchev–Trinajstić information content (AvgIpc) is 2.89. The van der Waals surface area contributed by atoms with E-state index in [0.29, 0.717) is 11.6 Å². The summed E-state index contributed by atoms with van der Waals surface area (Å²) < 4.78 is 0. The van der Waals surface area contributed by atoms with Crippen LogP contribution in [0.3, 0.4) is 0 Å². The normalized spacial score (nSPS) is 12.1. The Kier molecular flexibility index (Phi) is 3.99. The molecule has 1 unspecified atom stereocenters. The second kappa shape index (κ2) is 5.69. The molecule has 1 atom stereocenters. The zero-order chi connectivity index (χ0) is 13.0. The fraction of sp³-hybridized carbons (Fsp3) is 0.231. The second-order valence-electron chi connectivity index (χ2n) is 4.03. The number of carbonyl (C=O) groups is 1. The largest absolute Gasteiger partial charge is 0.348 e. The smallest absolute Gasteiger partial charge is 0.227 e. The summed E-state index contributed by atoms with van der Waals surface area (Å²) >= 11 is 5.81. The number of nitrogens with zero attached hydrogens (tertiary/aromatic N) is 1. The van der Waals surface area contributed by atoms with Gasteiger partial charge < -0.3 is 10.3 Å². The summed E-state index contributed by atoms with van der Waals surface area (Å²) in [6.45, 7) is 2.27. The minimum Gasteiger partial charge on any atom is -0.348 e. The Labute approximate surface area is 110 Å². The van der Waals surface area contributed by atoms with Crippen LogP contribution in [-0.4, -0.2) is 15.9 Å². The molecule has 0 saturated heterocycles. The fourth-order valence-corrected chi connectivity index (χ4v) is 1.75. The van der Waals surface area contributed by atoms with Crippen LogP contribution >= 0.6 is 11.6 Å². The molecule has 0 aliphatic carbocycles. The van der Waals surface area contributed by atoms with Gasteiger partial charge in [-0.25, -0.2) is 4.98 Å². The molecule has 0 bridgehead atoms. The van der Waals surface area contributed by atoms with E-state index in [1.54, 1.807) is 24.5 Å². The standard InChI is InChI=1S/C13H14ClN3O/c1-9(10-2-4-11(14)5-3-10)13(18)17-8-12-15-6-7-16-12/h2-7,9H,8H2,1H3,(H,15,16)(H,17,18). The van der Waals surface area contributed by atoms with Gasteiger partial charge in [-0.2, -0.15) is 0 Å². The van der Waals surface area contributed by atoms with E-state index in [0.717, 1.165) is 11.4 Å². The van der Waals surface area contributed by atoms with Crippen molar-refractivity contribution >= 4 is 17.5 Å². The highest BCUT2D eigenvalue weighted by Gasteiger charge is 2.14. The molecule has 1 heterocycles. The third-order valence-corrected chi connectivity index (χ3v) is 3.00. The Hall–Kier alpha value is -1.81. The van der Waals surface area contributed by atoms with E-state index in [1.807, 2.05) is 19.1 Å². The molecule has 2 aromatic rings. The van der Waals surface area contributed by atoms with Crippen molar-refractivity contribution in [3.8, 4) is 0 Å². The average molecular weight is 264 g/mol. The third kappa shape index (κ3) is 3.11. The summed E-state index contributed by atoms with van der Waals surface area (Å²) in [5, 5.41) is 3.50. The van der Waals surface area contributed by atoms with E-state index >= 15 is 0 Å². The first kappa shape index (κ1) is 12.6. The van der Waals surface area contributed by atoms with Gasteiger partial charge in [-0.15, -0.1) is 0 Å². The maximum absolute atomic E-state index is 11.9. The summed E-state index contributed by atoms with van der Waals surface area (Å²) in [7, 11) is 0. The van der Waals surface area contributed by atoms with Gasteiger partial charge in [0.25, 0.3) is 0 Å². The van der Waals surface area contributed by atoms with E-state index in [4.69, 9.17) is 11.6 Å². The lowest BCUT2D eigenvalue weighted by Crippen LogP contribution is -2.27. The van der Waals surface area contributed by atoms with Gasteiger partial charge in [0.2, 0.25) is 5.91 Å². The molecule has 0 radical (unpaired) electrons. The van der Waals surface area contributed by atoms with Crippen LogP contribution in [0.2, 0.25) is 5.02 Å². The maximum Gasteiger partial charge on any atom is 0.227 e. The van der Waals surface area contributed by atoms with Crippen molar-refractivity contribution in [1.82, 2.24) is 15.3 Å². The molecule has 2 rings (SSSR count). The van der Waals surface area contributed by atoms with E-state index in [9.17, 15) is 4.79 Å². The minimum absolute atomic E-state index is 0.0336. The summed E-state index contributed by atoms with van der Waals surface area (Å²) in [4.78, 5) is 18.9. The predicted molar refractivity (Wildman–Crippen MR) is 70.3 cm³/mol. The van der Waals surface area contributed by atoms with Crippen molar-refractivity contribution in [2.24, 2.45) is 0 Å². The molecule has 1 amide bonds. The number of halogens is 1. The van der Waals surface area contributed by atoms with Crippen molar-refractivity contribution in [2.45, 2.75) is 19.4 Å². The minimum atomic E-state index is -0.211. The number of aromatic amines is 1. The molecule has 1 aromatic carbocycles. The molecule has 5 heteroatoms. The maximum atomic E-state index is 11.9. The fourth-order valence-electron chi connectivity index (χ4n) is 1.62. The van der Waals surface area contributed by atoms with Gasteiger partial charge in [0.15, 0.2) is 0 Å². The monoisotopic (exact) mass is 263 g/mol. The van der Waals surface area contributed by atoms with Crippen LogP contribution in [0.4, 0.5) is 0 Å². The number of rotatable bonds is 4. The van der Waals surface area contributed by atoms with Crippen molar-refractivity contribution in [3.63, 3.8) is 0 Å². The van der Waals surface area contributed by atoms with Gasteiger partial charge in [0, 0.05) is 17.4 Å². The Morgan fingerprint density at radius 3 is 2.78 bits per heavy atom. The van der Waals surface area contributed by atoms with E-state index in [1.165, 1.54) is 0 Å². The van der Waals surface area contributed by atoms with Crippen molar-refractivity contribution in [3.05, 3.63) is 53.1 Å². The molecule has 94 valence electrons. The lowest BCUT2D eigenvalue weighted by molar-refractivity contribution is -0.122. The lowest BCUT2D eigenvalue weighted by atomic mass is 10.0. The first-order valence-electron chi connectivity index (χ1n) is 5.68. The topological polar surface area (TPSA) is 57.8 Å². The highest BCUT2D eigenvalue weighted by molar-refractivity contribution is 6.30. The number of aromatic nitrogens is 2. The molecule has 4 nitrogen and oxygen atoms in total. The van der Waals surface area contributed by atoms with Crippen LogP contribution in [0, 0.1) is 0 Å². The zero-order valence-electron chi connectivity index (χ0n) is 9.98. The molecular weight excluding hydrogens is 250 g/mol. The molecule has 0 spiro atoms. The lowest BCUT2D eigenvalue weighted by Gasteiger charge is -2.11. The van der Waals surface area contributed by atoms with Gasteiger partial charge in [0.1, 0.15) is 5.82 Å². The molecule has 1 aromatic heterocycles. The number of carbonyl (C=O) groups excluding carboxylic acids is 1. The number of hydrogen-bond acceptors (Lipinski definition) is 2. The summed E-state index contributed by atoms with van der Waals surface area (Å²) in [6.07, 6.45) is 3.38. The molecule has 0 fully saturated rings. The Bertz CT molecular complexity index is 508. The molecular formula is C13H14ClN3O. The van der Waals surface area contributed by atoms with Gasteiger partial charge >= 0.3 is 0 Å². The SMILES string of the molecule is CC(C(=O)NCc1ncc[nH]1)c1ccc(Cl)cc1. The van der Waals surface area contributed by atoms with Gasteiger partial charge in [-0.3, -0.25) is 4.79 Å². The van der Waals surface area contributed by atoms with Crippen LogP contribution in [0.15, 0.2) is 36.7 Å². The van der Waals surface area contributed by atoms with Crippen LogP contribution in [0.25, 0.3) is 0 Å². The first-order chi connectivity index (χ1) is 8.66. The van der Waals surface area contributed by atoms with Crippen LogP contribution < -0.4 is 5.32 Å². The number of hydrogen-bond donors (Lipinski definition) is 2. The summed E-state index contributed by atoms with van der Waals surface area (Å²) in [5.74, 6) is 0.498. The number of H-pyrrole nitrogens is 1. The molecule has 0 aliphatic heterocycles. The number of imidazole rings is 1. The summed E-state index contributed by atoms with van der Waals surface area (Å²) in [6, 6.07) is 7.29. The highest BCUT2D eigenvalue weighted by atomic mass is 35.5. The van der Waals surface area contributed by atoms with Crippen LogP contribution in [0.1, 0.15) is 24.2 Å². The van der Waals surface area contributed by atoms with Crippen molar-refractivity contribution < 1.29 is 4.79 Å². The summed E-state index contributed by atoms with van der Waals surface area (Å²) in [5.41, 5.74) is 0.941. The zero-order valence-corrected chi connectivity index (χ0v) is 10.7. The number of nitrogens with one attached hydrogen (secondary N) is 2. The Morgan fingerprint density at radius 2 is 2.17 bits per heavy atom. The van der Waals surface area contributed by atoms with Crippen LogP contribution in [-0.2, 0) is 11.3 Å². The van der Waals surface area contributed by atoms with Gasteiger partial charge in [-0.05, 0) is 24.6 Å². The van der Waals surface area contributed by atoms with E-state index in [2.05, 4.69) is 15.3 Å². The predicted octanol–water partition coefficient (Wildman–Crippen LogP) is 2.48. The van der Waals surface area contributed by atoms with E-state index in [-0.39, 0.29) is 11.8 Å². The Balaban J connectivity index is 1.94. The van der Waals surface area contributed by atoms with Crippen molar-refractivity contribution in [1.29, 1.82) is 0 Å². The highest BCUT2D eigenvalue weighted by Crippen LogP contribution is 2.18. The van der Waals surface area contributed by atoms with Crippen LogP contribution in [0.5, 0.6) is 0 Å². The molecule has 2 N–H and O–H groups in total. The molecule has 0 saturated carbocycles. The molecule has 18 heavy (non-hydrogen) atoms. The Morgan fingerprint density at radius 1 is 1.44 bits per heavy atom. The third-order valence-electron chi connectivity index (χ3n) is 2.75. The van der Waals surface area contributed by atoms with Gasteiger partial charge in [-0.1, -0.05) is 23.7 Å². The number of amides is 1. The second-order valence-corrected chi connectivity index (χ2v) is 4.46.